The Morgan fingerprint density at radius 1 is 1.04 bits per heavy atom. The monoisotopic (exact) mass is 356 g/mol. The lowest BCUT2D eigenvalue weighted by molar-refractivity contribution is -0.132. The number of hydrogen-bond donors (Lipinski definition) is 1. The first-order chi connectivity index (χ1) is 12.4. The number of nitrogens with zero attached hydrogens (tertiary/aromatic N) is 1. The first-order valence-electron chi connectivity index (χ1n) is 9.50. The van der Waals surface area contributed by atoms with Crippen molar-refractivity contribution in [1.29, 1.82) is 0 Å². The van der Waals surface area contributed by atoms with Crippen LogP contribution in [-0.4, -0.2) is 17.4 Å². The van der Waals surface area contributed by atoms with E-state index in [9.17, 15) is 4.79 Å². The molecule has 0 aliphatic carbocycles. The number of benzene rings is 1. The molecule has 1 heterocycles. The minimum absolute atomic E-state index is 0.130. The summed E-state index contributed by atoms with van der Waals surface area (Å²) in [5, 5.41) is 0. The zero-order chi connectivity index (χ0) is 19.0. The Hall–Kier alpha value is -2.07. The van der Waals surface area contributed by atoms with Gasteiger partial charge in [-0.3, -0.25) is 4.79 Å². The number of carbonyl (C=O) groups excluding carboxylic acids is 1. The zero-order valence-corrected chi connectivity index (χ0v) is 16.3. The van der Waals surface area contributed by atoms with Gasteiger partial charge in [0.25, 0.3) is 0 Å². The fourth-order valence-corrected chi connectivity index (χ4v) is 2.91. The average Bonchev–Trinajstić information content (AvgIpc) is 3.11. The van der Waals surface area contributed by atoms with E-state index in [1.807, 2.05) is 17.0 Å². The Bertz CT molecular complexity index is 654. The number of furan rings is 1. The fourth-order valence-electron chi connectivity index (χ4n) is 2.91. The van der Waals surface area contributed by atoms with E-state index in [0.29, 0.717) is 26.1 Å². The van der Waals surface area contributed by atoms with E-state index in [1.165, 1.54) is 5.56 Å². The number of hydrogen-bond acceptors (Lipinski definition) is 3. The predicted octanol–water partition coefficient (Wildman–Crippen LogP) is 4.63. The molecule has 2 N–H and O–H groups in total. The number of carbonyl (C=O) groups is 1. The van der Waals surface area contributed by atoms with Crippen molar-refractivity contribution in [3.63, 3.8) is 0 Å². The van der Waals surface area contributed by atoms with Gasteiger partial charge in [0.2, 0.25) is 5.91 Å². The van der Waals surface area contributed by atoms with Crippen LogP contribution in [0.4, 0.5) is 0 Å². The van der Waals surface area contributed by atoms with Gasteiger partial charge in [0.05, 0.1) is 12.8 Å². The highest BCUT2D eigenvalue weighted by Gasteiger charge is 2.17. The molecule has 2 aromatic rings. The fraction of sp³-hybridized carbons (Fsp3) is 0.500. The van der Waals surface area contributed by atoms with Crippen LogP contribution in [0.5, 0.6) is 0 Å². The number of nitrogens with two attached hydrogens (primary N) is 1. The first kappa shape index (κ1) is 20.2. The van der Waals surface area contributed by atoms with Gasteiger partial charge in [-0.2, -0.15) is 0 Å². The molecule has 0 saturated heterocycles. The van der Waals surface area contributed by atoms with Crippen LogP contribution in [0.1, 0.15) is 63.3 Å². The number of rotatable bonds is 9. The van der Waals surface area contributed by atoms with E-state index in [2.05, 4.69) is 45.0 Å². The lowest BCUT2D eigenvalue weighted by Crippen LogP contribution is -2.29. The maximum atomic E-state index is 12.7. The van der Waals surface area contributed by atoms with Crippen LogP contribution in [0.2, 0.25) is 0 Å². The zero-order valence-electron chi connectivity index (χ0n) is 16.3. The van der Waals surface area contributed by atoms with E-state index in [-0.39, 0.29) is 11.3 Å². The molecule has 4 nitrogen and oxygen atoms in total. The summed E-state index contributed by atoms with van der Waals surface area (Å²) in [5.41, 5.74) is 8.10. The molecule has 0 radical (unpaired) electrons. The predicted molar refractivity (Wildman–Crippen MR) is 106 cm³/mol. The van der Waals surface area contributed by atoms with E-state index in [4.69, 9.17) is 10.2 Å². The second kappa shape index (κ2) is 9.58. The van der Waals surface area contributed by atoms with Crippen LogP contribution < -0.4 is 5.73 Å². The van der Waals surface area contributed by atoms with Gasteiger partial charge in [-0.25, -0.2) is 0 Å². The van der Waals surface area contributed by atoms with Crippen molar-refractivity contribution in [3.8, 4) is 0 Å². The Morgan fingerprint density at radius 2 is 1.77 bits per heavy atom. The van der Waals surface area contributed by atoms with E-state index < -0.39 is 0 Å². The molecule has 0 spiro atoms. The summed E-state index contributed by atoms with van der Waals surface area (Å²) >= 11 is 0. The van der Waals surface area contributed by atoms with E-state index in [0.717, 1.165) is 30.6 Å². The van der Waals surface area contributed by atoms with Crippen molar-refractivity contribution < 1.29 is 9.21 Å². The quantitative estimate of drug-likeness (QED) is 0.667. The summed E-state index contributed by atoms with van der Waals surface area (Å²) in [4.78, 5) is 14.6. The van der Waals surface area contributed by atoms with Gasteiger partial charge in [-0.1, -0.05) is 51.5 Å². The SMILES string of the molecule is CC(C)(C)c1ccc(CN(Cc2ccco2)C(=O)CCCCCN)cc1. The van der Waals surface area contributed by atoms with Crippen molar-refractivity contribution in [3.05, 3.63) is 59.5 Å². The highest BCUT2D eigenvalue weighted by molar-refractivity contribution is 5.76. The molecule has 26 heavy (non-hydrogen) atoms. The Morgan fingerprint density at radius 3 is 2.35 bits per heavy atom. The third kappa shape index (κ3) is 6.34. The molecule has 0 saturated carbocycles. The van der Waals surface area contributed by atoms with E-state index in [1.54, 1.807) is 6.26 Å². The summed E-state index contributed by atoms with van der Waals surface area (Å²) in [6.45, 7) is 8.40. The van der Waals surface area contributed by atoms with Gasteiger partial charge in [0, 0.05) is 13.0 Å². The molecule has 142 valence electrons. The molecule has 0 aliphatic rings. The normalized spacial score (nSPS) is 11.5. The topological polar surface area (TPSA) is 59.5 Å². The third-order valence-electron chi connectivity index (χ3n) is 4.57. The average molecular weight is 357 g/mol. The van der Waals surface area contributed by atoms with Crippen molar-refractivity contribution >= 4 is 5.91 Å². The van der Waals surface area contributed by atoms with Crippen molar-refractivity contribution in [1.82, 2.24) is 4.90 Å². The second-order valence-electron chi connectivity index (χ2n) is 7.88. The first-order valence-corrected chi connectivity index (χ1v) is 9.50. The van der Waals surface area contributed by atoms with Gasteiger partial charge >= 0.3 is 0 Å². The number of amides is 1. The Labute approximate surface area is 157 Å². The van der Waals surface area contributed by atoms with Crippen LogP contribution >= 0.6 is 0 Å². The second-order valence-corrected chi connectivity index (χ2v) is 7.88. The van der Waals surface area contributed by atoms with Crippen LogP contribution in [0.25, 0.3) is 0 Å². The molecule has 1 aromatic heterocycles. The van der Waals surface area contributed by atoms with Crippen molar-refractivity contribution in [2.75, 3.05) is 6.54 Å². The Kier molecular flexibility index (Phi) is 7.46. The summed E-state index contributed by atoms with van der Waals surface area (Å²) in [6, 6.07) is 12.3. The van der Waals surface area contributed by atoms with Gasteiger partial charge in [0.1, 0.15) is 5.76 Å². The molecule has 0 unspecified atom stereocenters. The van der Waals surface area contributed by atoms with Gasteiger partial charge in [-0.15, -0.1) is 0 Å². The maximum Gasteiger partial charge on any atom is 0.223 e. The molecule has 2 rings (SSSR count). The Balaban J connectivity index is 2.04. The molecule has 0 bridgehead atoms. The third-order valence-corrected chi connectivity index (χ3v) is 4.57. The lowest BCUT2D eigenvalue weighted by Gasteiger charge is -2.23. The molecule has 0 fully saturated rings. The molecule has 4 heteroatoms. The molecule has 0 aliphatic heterocycles. The summed E-state index contributed by atoms with van der Waals surface area (Å²) in [6.07, 6.45) is 5.06. The van der Waals surface area contributed by atoms with Crippen LogP contribution in [0.15, 0.2) is 47.1 Å². The van der Waals surface area contributed by atoms with Crippen LogP contribution in [0.3, 0.4) is 0 Å². The van der Waals surface area contributed by atoms with Gasteiger partial charge in [0.15, 0.2) is 0 Å². The molecular weight excluding hydrogens is 324 g/mol. The lowest BCUT2D eigenvalue weighted by atomic mass is 9.87. The summed E-state index contributed by atoms with van der Waals surface area (Å²) in [7, 11) is 0. The minimum atomic E-state index is 0.130. The van der Waals surface area contributed by atoms with Gasteiger partial charge in [-0.05, 0) is 48.1 Å². The van der Waals surface area contributed by atoms with Crippen LogP contribution in [-0.2, 0) is 23.3 Å². The molecule has 0 atom stereocenters. The molecular formula is C22H32N2O2. The van der Waals surface area contributed by atoms with Crippen LogP contribution in [0, 0.1) is 0 Å². The smallest absolute Gasteiger partial charge is 0.223 e. The number of unbranched alkanes of at least 4 members (excludes halogenated alkanes) is 2. The molecule has 1 amide bonds. The maximum absolute atomic E-state index is 12.7. The standard InChI is InChI=1S/C22H32N2O2/c1-22(2,3)19-12-10-18(11-13-19)16-24(17-20-8-7-15-26-20)21(25)9-5-4-6-14-23/h7-8,10-13,15H,4-6,9,14,16-17,23H2,1-3H3. The van der Waals surface area contributed by atoms with Gasteiger partial charge < -0.3 is 15.1 Å². The molecule has 1 aromatic carbocycles. The highest BCUT2D eigenvalue weighted by Crippen LogP contribution is 2.23. The van der Waals surface area contributed by atoms with E-state index >= 15 is 0 Å². The van der Waals surface area contributed by atoms with Crippen molar-refractivity contribution in [2.45, 2.75) is 65.0 Å². The minimum Gasteiger partial charge on any atom is -0.467 e. The highest BCUT2D eigenvalue weighted by atomic mass is 16.3. The summed E-state index contributed by atoms with van der Waals surface area (Å²) in [5.74, 6) is 0.977. The van der Waals surface area contributed by atoms with Crippen molar-refractivity contribution in [2.24, 2.45) is 5.73 Å². The largest absolute Gasteiger partial charge is 0.467 e. The summed E-state index contributed by atoms with van der Waals surface area (Å²) < 4.78 is 5.45.